The Bertz CT molecular complexity index is 442. The molecule has 0 amide bonds. The first-order valence-corrected chi connectivity index (χ1v) is 6.81. The predicted molar refractivity (Wildman–Crippen MR) is 71.5 cm³/mol. The third-order valence-electron chi connectivity index (χ3n) is 2.38. The average molecular weight is 297 g/mol. The molecule has 84 valence electrons. The fraction of sp³-hybridized carbons (Fsp3) is 0.250. The van der Waals surface area contributed by atoms with Crippen LogP contribution in [0.1, 0.15) is 23.5 Å². The van der Waals surface area contributed by atoms with Gasteiger partial charge in [0.25, 0.3) is 0 Å². The van der Waals surface area contributed by atoms with Gasteiger partial charge in [-0.2, -0.15) is 0 Å². The zero-order valence-electron chi connectivity index (χ0n) is 8.98. The second-order valence-corrected chi connectivity index (χ2v) is 5.34. The maximum absolute atomic E-state index is 4.30. The van der Waals surface area contributed by atoms with Gasteiger partial charge in [-0.3, -0.25) is 0 Å². The van der Waals surface area contributed by atoms with Crippen LogP contribution in [0.3, 0.4) is 0 Å². The van der Waals surface area contributed by atoms with Crippen molar-refractivity contribution < 1.29 is 0 Å². The van der Waals surface area contributed by atoms with Gasteiger partial charge in [-0.25, -0.2) is 4.98 Å². The number of benzene rings is 1. The van der Waals surface area contributed by atoms with Crippen molar-refractivity contribution in [2.45, 2.75) is 19.5 Å². The van der Waals surface area contributed by atoms with Crippen molar-refractivity contribution in [3.63, 3.8) is 0 Å². The second kappa shape index (κ2) is 5.57. The van der Waals surface area contributed by atoms with Crippen molar-refractivity contribution in [1.82, 2.24) is 10.3 Å². The van der Waals surface area contributed by atoms with Gasteiger partial charge in [0.2, 0.25) is 0 Å². The van der Waals surface area contributed by atoms with Gasteiger partial charge in [0.15, 0.2) is 0 Å². The minimum Gasteiger partial charge on any atom is -0.304 e. The highest BCUT2D eigenvalue weighted by Gasteiger charge is 2.07. The van der Waals surface area contributed by atoms with E-state index in [-0.39, 0.29) is 0 Å². The Hall–Kier alpha value is -0.710. The van der Waals surface area contributed by atoms with E-state index in [4.69, 9.17) is 0 Å². The first kappa shape index (κ1) is 11.8. The predicted octanol–water partition coefficient (Wildman–Crippen LogP) is 3.76. The van der Waals surface area contributed by atoms with Crippen LogP contribution in [0.15, 0.2) is 40.3 Å². The van der Waals surface area contributed by atoms with Gasteiger partial charge in [-0.05, 0) is 18.6 Å². The van der Waals surface area contributed by atoms with E-state index >= 15 is 0 Å². The van der Waals surface area contributed by atoms with Crippen molar-refractivity contribution in [2.75, 3.05) is 0 Å². The van der Waals surface area contributed by atoms with E-state index in [0.29, 0.717) is 6.04 Å². The molecule has 0 aliphatic heterocycles. The molecule has 0 spiro atoms. The molecule has 0 bridgehead atoms. The molecule has 1 aromatic carbocycles. The highest BCUT2D eigenvalue weighted by molar-refractivity contribution is 9.10. The molecule has 0 aliphatic rings. The van der Waals surface area contributed by atoms with Crippen molar-refractivity contribution >= 4 is 27.3 Å². The highest BCUT2D eigenvalue weighted by atomic mass is 79.9. The summed E-state index contributed by atoms with van der Waals surface area (Å²) in [5.41, 5.74) is 1.27. The van der Waals surface area contributed by atoms with E-state index in [0.717, 1.165) is 16.0 Å². The molecule has 0 radical (unpaired) electrons. The topological polar surface area (TPSA) is 24.9 Å². The SMILES string of the molecule is CC(NCc1ccccc1Br)c1nccs1. The summed E-state index contributed by atoms with van der Waals surface area (Å²) < 4.78 is 1.15. The maximum Gasteiger partial charge on any atom is 0.109 e. The van der Waals surface area contributed by atoms with E-state index in [1.807, 2.05) is 17.6 Å². The van der Waals surface area contributed by atoms with Crippen LogP contribution in [0.25, 0.3) is 0 Å². The Labute approximate surface area is 108 Å². The number of thiazole rings is 1. The molecule has 16 heavy (non-hydrogen) atoms. The van der Waals surface area contributed by atoms with Gasteiger partial charge in [0, 0.05) is 22.6 Å². The van der Waals surface area contributed by atoms with E-state index < -0.39 is 0 Å². The first-order valence-electron chi connectivity index (χ1n) is 5.13. The van der Waals surface area contributed by atoms with Gasteiger partial charge in [-0.1, -0.05) is 34.1 Å². The maximum atomic E-state index is 4.30. The van der Waals surface area contributed by atoms with Gasteiger partial charge in [-0.15, -0.1) is 11.3 Å². The van der Waals surface area contributed by atoms with Gasteiger partial charge in [0.1, 0.15) is 5.01 Å². The number of hydrogen-bond donors (Lipinski definition) is 1. The Morgan fingerprint density at radius 2 is 2.25 bits per heavy atom. The quantitative estimate of drug-likeness (QED) is 0.929. The monoisotopic (exact) mass is 296 g/mol. The summed E-state index contributed by atoms with van der Waals surface area (Å²) in [6.45, 7) is 2.98. The molecule has 2 aromatic rings. The van der Waals surface area contributed by atoms with Crippen molar-refractivity contribution in [1.29, 1.82) is 0 Å². The summed E-state index contributed by atoms with van der Waals surface area (Å²) >= 11 is 5.23. The molecule has 4 heteroatoms. The molecule has 1 atom stereocenters. The number of hydrogen-bond acceptors (Lipinski definition) is 3. The number of aromatic nitrogens is 1. The molecule has 1 aromatic heterocycles. The molecule has 2 nitrogen and oxygen atoms in total. The molecular formula is C12H13BrN2S. The first-order chi connectivity index (χ1) is 7.77. The minimum absolute atomic E-state index is 0.298. The fourth-order valence-electron chi connectivity index (χ4n) is 1.44. The molecule has 1 unspecified atom stereocenters. The number of nitrogens with one attached hydrogen (secondary N) is 1. The molecular weight excluding hydrogens is 284 g/mol. The summed E-state index contributed by atoms with van der Waals surface area (Å²) in [4.78, 5) is 4.30. The average Bonchev–Trinajstić information content (AvgIpc) is 2.81. The summed E-state index contributed by atoms with van der Waals surface area (Å²) in [5.74, 6) is 0. The third-order valence-corrected chi connectivity index (χ3v) is 4.11. The Kier molecular flexibility index (Phi) is 4.09. The summed E-state index contributed by atoms with van der Waals surface area (Å²) in [7, 11) is 0. The summed E-state index contributed by atoms with van der Waals surface area (Å²) in [6, 6.07) is 8.55. The molecule has 0 aliphatic carbocycles. The van der Waals surface area contributed by atoms with Gasteiger partial charge >= 0.3 is 0 Å². The summed E-state index contributed by atoms with van der Waals surface area (Å²) in [5, 5.41) is 6.60. The molecule has 0 saturated carbocycles. The van der Waals surface area contributed by atoms with E-state index in [2.05, 4.69) is 51.4 Å². The molecule has 0 saturated heterocycles. The molecule has 1 N–H and O–H groups in total. The lowest BCUT2D eigenvalue weighted by Crippen LogP contribution is -2.18. The van der Waals surface area contributed by atoms with Crippen LogP contribution in [-0.2, 0) is 6.54 Å². The second-order valence-electron chi connectivity index (χ2n) is 3.56. The van der Waals surface area contributed by atoms with Crippen LogP contribution in [0.5, 0.6) is 0 Å². The third kappa shape index (κ3) is 2.90. The Morgan fingerprint density at radius 3 is 2.94 bits per heavy atom. The summed E-state index contributed by atoms with van der Waals surface area (Å²) in [6.07, 6.45) is 1.84. The normalized spacial score (nSPS) is 12.6. The number of halogens is 1. The van der Waals surface area contributed by atoms with Crippen LogP contribution >= 0.6 is 27.3 Å². The van der Waals surface area contributed by atoms with Crippen LogP contribution in [0.2, 0.25) is 0 Å². The van der Waals surface area contributed by atoms with E-state index in [9.17, 15) is 0 Å². The van der Waals surface area contributed by atoms with Crippen LogP contribution < -0.4 is 5.32 Å². The lowest BCUT2D eigenvalue weighted by Gasteiger charge is -2.11. The number of nitrogens with zero attached hydrogens (tertiary/aromatic N) is 1. The van der Waals surface area contributed by atoms with Crippen molar-refractivity contribution in [2.24, 2.45) is 0 Å². The lowest BCUT2D eigenvalue weighted by molar-refractivity contribution is 0.571. The highest BCUT2D eigenvalue weighted by Crippen LogP contribution is 2.18. The zero-order valence-corrected chi connectivity index (χ0v) is 11.4. The molecule has 1 heterocycles. The molecule has 2 rings (SSSR count). The van der Waals surface area contributed by atoms with Gasteiger partial charge < -0.3 is 5.32 Å². The lowest BCUT2D eigenvalue weighted by atomic mass is 10.2. The minimum atomic E-state index is 0.298. The van der Waals surface area contributed by atoms with Gasteiger partial charge in [0.05, 0.1) is 6.04 Å². The van der Waals surface area contributed by atoms with Crippen LogP contribution in [-0.4, -0.2) is 4.98 Å². The molecule has 0 fully saturated rings. The fourth-order valence-corrected chi connectivity index (χ4v) is 2.54. The largest absolute Gasteiger partial charge is 0.304 e. The van der Waals surface area contributed by atoms with Crippen LogP contribution in [0, 0.1) is 0 Å². The Balaban J connectivity index is 1.95. The zero-order chi connectivity index (χ0) is 11.4. The Morgan fingerprint density at radius 1 is 1.44 bits per heavy atom. The smallest absolute Gasteiger partial charge is 0.109 e. The number of rotatable bonds is 4. The van der Waals surface area contributed by atoms with Crippen LogP contribution in [0.4, 0.5) is 0 Å². The van der Waals surface area contributed by atoms with E-state index in [1.54, 1.807) is 11.3 Å². The van der Waals surface area contributed by atoms with Crippen molar-refractivity contribution in [3.8, 4) is 0 Å². The standard InChI is InChI=1S/C12H13BrN2S/c1-9(12-14-6-7-16-12)15-8-10-4-2-3-5-11(10)13/h2-7,9,15H,8H2,1H3. The van der Waals surface area contributed by atoms with E-state index in [1.165, 1.54) is 5.56 Å². The van der Waals surface area contributed by atoms with Crippen molar-refractivity contribution in [3.05, 3.63) is 50.9 Å².